The molecule has 0 spiro atoms. The van der Waals surface area contributed by atoms with Crippen molar-refractivity contribution in [1.82, 2.24) is 0 Å². The molecule has 0 aliphatic heterocycles. The zero-order valence-corrected chi connectivity index (χ0v) is 16.6. The van der Waals surface area contributed by atoms with Crippen LogP contribution in [0.25, 0.3) is 0 Å². The minimum atomic E-state index is -0.731. The van der Waals surface area contributed by atoms with Crippen molar-refractivity contribution in [3.63, 3.8) is 0 Å². The summed E-state index contributed by atoms with van der Waals surface area (Å²) in [5.74, 6) is 0.348. The SMILES string of the molecule is C[C@@H](CC[C@H]1[C@](C)(OC=O)CCC2C(C)(C)CCC[C@@]21C)CC(=O)O. The lowest BCUT2D eigenvalue weighted by molar-refractivity contribution is -0.191. The van der Waals surface area contributed by atoms with E-state index in [-0.39, 0.29) is 17.8 Å². The first-order valence-electron chi connectivity index (χ1n) is 9.88. The Kier molecular flexibility index (Phi) is 5.90. The highest BCUT2D eigenvalue weighted by Gasteiger charge is 2.59. The van der Waals surface area contributed by atoms with Gasteiger partial charge in [-0.25, -0.2) is 0 Å². The summed E-state index contributed by atoms with van der Waals surface area (Å²) in [7, 11) is 0. The second kappa shape index (κ2) is 7.28. The minimum absolute atomic E-state index is 0.151. The Labute approximate surface area is 152 Å². The van der Waals surface area contributed by atoms with E-state index in [0.29, 0.717) is 23.7 Å². The van der Waals surface area contributed by atoms with Crippen molar-refractivity contribution in [1.29, 1.82) is 0 Å². The number of carboxylic acid groups (broad SMARTS) is 1. The third-order valence-electron chi connectivity index (χ3n) is 7.53. The van der Waals surface area contributed by atoms with Gasteiger partial charge in [-0.05, 0) is 68.1 Å². The van der Waals surface area contributed by atoms with Crippen LogP contribution in [0.3, 0.4) is 0 Å². The second-order valence-corrected chi connectivity index (χ2v) is 9.80. The van der Waals surface area contributed by atoms with Crippen LogP contribution in [-0.2, 0) is 14.3 Å². The van der Waals surface area contributed by atoms with Gasteiger partial charge in [-0.15, -0.1) is 0 Å². The Hall–Kier alpha value is -1.06. The van der Waals surface area contributed by atoms with Gasteiger partial charge in [0.15, 0.2) is 0 Å². The molecule has 5 atom stereocenters. The van der Waals surface area contributed by atoms with E-state index in [2.05, 4.69) is 27.7 Å². The molecule has 144 valence electrons. The highest BCUT2D eigenvalue weighted by molar-refractivity contribution is 5.66. The predicted octanol–water partition coefficient (Wildman–Crippen LogP) is 5.05. The molecule has 2 rings (SSSR count). The predicted molar refractivity (Wildman–Crippen MR) is 98.2 cm³/mol. The van der Waals surface area contributed by atoms with Crippen LogP contribution in [-0.4, -0.2) is 23.1 Å². The topological polar surface area (TPSA) is 63.6 Å². The van der Waals surface area contributed by atoms with Crippen LogP contribution in [0.5, 0.6) is 0 Å². The maximum atomic E-state index is 11.2. The molecule has 2 saturated carbocycles. The van der Waals surface area contributed by atoms with E-state index in [9.17, 15) is 9.59 Å². The summed E-state index contributed by atoms with van der Waals surface area (Å²) in [6.07, 6.45) is 7.70. The molecule has 0 saturated heterocycles. The molecule has 4 nitrogen and oxygen atoms in total. The lowest BCUT2D eigenvalue weighted by atomic mass is 9.45. The lowest BCUT2D eigenvalue weighted by Crippen LogP contribution is -2.58. The Morgan fingerprint density at radius 1 is 1.24 bits per heavy atom. The zero-order chi connectivity index (χ0) is 18.9. The number of fused-ring (bicyclic) bond motifs is 1. The third-order valence-corrected chi connectivity index (χ3v) is 7.53. The van der Waals surface area contributed by atoms with E-state index >= 15 is 0 Å². The van der Waals surface area contributed by atoms with E-state index in [1.54, 1.807) is 0 Å². The van der Waals surface area contributed by atoms with Crippen LogP contribution in [0.15, 0.2) is 0 Å². The highest BCUT2D eigenvalue weighted by Crippen LogP contribution is 2.63. The van der Waals surface area contributed by atoms with Crippen LogP contribution in [0.4, 0.5) is 0 Å². The first kappa shape index (κ1) is 20.3. The van der Waals surface area contributed by atoms with Gasteiger partial charge in [-0.3, -0.25) is 9.59 Å². The summed E-state index contributed by atoms with van der Waals surface area (Å²) >= 11 is 0. The van der Waals surface area contributed by atoms with Gasteiger partial charge in [0.1, 0.15) is 5.60 Å². The summed E-state index contributed by atoms with van der Waals surface area (Å²) in [5, 5.41) is 9.04. The summed E-state index contributed by atoms with van der Waals surface area (Å²) < 4.78 is 5.68. The molecule has 0 aromatic carbocycles. The number of aliphatic carboxylic acids is 1. The minimum Gasteiger partial charge on any atom is -0.481 e. The fourth-order valence-corrected chi connectivity index (χ4v) is 6.34. The van der Waals surface area contributed by atoms with Crippen molar-refractivity contribution < 1.29 is 19.4 Å². The van der Waals surface area contributed by atoms with Crippen molar-refractivity contribution in [2.75, 3.05) is 0 Å². The largest absolute Gasteiger partial charge is 0.481 e. The molecule has 1 N–H and O–H groups in total. The Morgan fingerprint density at radius 3 is 2.52 bits per heavy atom. The van der Waals surface area contributed by atoms with E-state index in [1.807, 2.05) is 6.92 Å². The average molecular weight is 353 g/mol. The quantitative estimate of drug-likeness (QED) is 0.651. The maximum absolute atomic E-state index is 11.2. The van der Waals surface area contributed by atoms with E-state index in [4.69, 9.17) is 9.84 Å². The van der Waals surface area contributed by atoms with Gasteiger partial charge in [-0.2, -0.15) is 0 Å². The molecule has 0 radical (unpaired) electrons. The monoisotopic (exact) mass is 352 g/mol. The molecule has 0 aromatic rings. The number of hydrogen-bond donors (Lipinski definition) is 1. The average Bonchev–Trinajstić information content (AvgIpc) is 2.44. The molecular weight excluding hydrogens is 316 g/mol. The fraction of sp³-hybridized carbons (Fsp3) is 0.905. The Balaban J connectivity index is 2.26. The fourth-order valence-electron chi connectivity index (χ4n) is 6.34. The second-order valence-electron chi connectivity index (χ2n) is 9.80. The van der Waals surface area contributed by atoms with Gasteiger partial charge in [0.25, 0.3) is 6.47 Å². The number of carboxylic acids is 1. The molecule has 1 unspecified atom stereocenters. The zero-order valence-electron chi connectivity index (χ0n) is 16.6. The first-order valence-corrected chi connectivity index (χ1v) is 9.88. The molecule has 0 bridgehead atoms. The van der Waals surface area contributed by atoms with E-state index in [1.165, 1.54) is 19.3 Å². The van der Waals surface area contributed by atoms with Crippen LogP contribution in [0.1, 0.15) is 86.0 Å². The summed E-state index contributed by atoms with van der Waals surface area (Å²) in [6, 6.07) is 0. The van der Waals surface area contributed by atoms with Crippen LogP contribution < -0.4 is 0 Å². The number of carbonyl (C=O) groups is 2. The lowest BCUT2D eigenvalue weighted by Gasteiger charge is -2.61. The molecule has 25 heavy (non-hydrogen) atoms. The van der Waals surface area contributed by atoms with Gasteiger partial charge in [0.2, 0.25) is 0 Å². The van der Waals surface area contributed by atoms with Gasteiger partial charge >= 0.3 is 5.97 Å². The molecule has 4 heteroatoms. The van der Waals surface area contributed by atoms with E-state index in [0.717, 1.165) is 25.7 Å². The normalized spacial score (nSPS) is 38.4. The van der Waals surface area contributed by atoms with Crippen LogP contribution >= 0.6 is 0 Å². The first-order chi connectivity index (χ1) is 11.5. The van der Waals surface area contributed by atoms with Gasteiger partial charge < -0.3 is 9.84 Å². The summed E-state index contributed by atoms with van der Waals surface area (Å²) in [6.45, 7) is 11.9. The van der Waals surface area contributed by atoms with Gasteiger partial charge in [0.05, 0.1) is 0 Å². The number of rotatable bonds is 7. The smallest absolute Gasteiger partial charge is 0.303 e. The van der Waals surface area contributed by atoms with Crippen molar-refractivity contribution in [3.05, 3.63) is 0 Å². The summed E-state index contributed by atoms with van der Waals surface area (Å²) in [5.41, 5.74) is 0.0461. The maximum Gasteiger partial charge on any atom is 0.303 e. The van der Waals surface area contributed by atoms with Gasteiger partial charge in [-0.1, -0.05) is 34.1 Å². The molecule has 2 aliphatic carbocycles. The van der Waals surface area contributed by atoms with Crippen LogP contribution in [0, 0.1) is 28.6 Å². The van der Waals surface area contributed by atoms with Gasteiger partial charge in [0, 0.05) is 12.3 Å². The van der Waals surface area contributed by atoms with Crippen LogP contribution in [0.2, 0.25) is 0 Å². The van der Waals surface area contributed by atoms with Crippen molar-refractivity contribution in [2.45, 2.75) is 91.6 Å². The molecule has 2 fully saturated rings. The molecular formula is C21H36O4. The highest BCUT2D eigenvalue weighted by atomic mass is 16.5. The number of hydrogen-bond acceptors (Lipinski definition) is 3. The third kappa shape index (κ3) is 4.03. The molecule has 2 aliphatic rings. The molecule has 0 aromatic heterocycles. The van der Waals surface area contributed by atoms with Crippen molar-refractivity contribution >= 4 is 12.4 Å². The number of carbonyl (C=O) groups excluding carboxylic acids is 1. The molecule has 0 heterocycles. The standard InChI is InChI=1S/C21H36O4/c1-15(13-18(23)24)7-8-17-20(4)11-6-10-19(2,3)16(20)9-12-21(17,5)25-14-22/h14-17H,6-13H2,1-5H3,(H,23,24)/t15-,16?,17+,20-,21+/m0/s1. The number of ether oxygens (including phenoxy) is 1. The van der Waals surface area contributed by atoms with Crippen molar-refractivity contribution in [2.24, 2.45) is 28.6 Å². The summed E-state index contributed by atoms with van der Waals surface area (Å²) in [4.78, 5) is 22.2. The Bertz CT molecular complexity index is 500. The van der Waals surface area contributed by atoms with E-state index < -0.39 is 11.6 Å². The Morgan fingerprint density at radius 2 is 1.92 bits per heavy atom. The molecule has 0 amide bonds. The van der Waals surface area contributed by atoms with Crippen molar-refractivity contribution in [3.8, 4) is 0 Å².